The van der Waals surface area contributed by atoms with Crippen molar-refractivity contribution >= 4 is 59.6 Å². The Morgan fingerprint density at radius 1 is 0.800 bits per heavy atom. The summed E-state index contributed by atoms with van der Waals surface area (Å²) < 4.78 is 0. The largest absolute Gasteiger partial charge is 2.00 e. The molecule has 0 rings (SSSR count). The maximum atomic E-state index is 0. The van der Waals surface area contributed by atoms with Gasteiger partial charge in [0.2, 0.25) is 0 Å². The summed E-state index contributed by atoms with van der Waals surface area (Å²) in [6.07, 6.45) is 0. The first kappa shape index (κ1) is 40.3. The second kappa shape index (κ2) is 26.4. The Hall–Kier alpha value is 3.34. The van der Waals surface area contributed by atoms with Crippen molar-refractivity contribution in [1.29, 1.82) is 0 Å². The summed E-state index contributed by atoms with van der Waals surface area (Å²) in [5.41, 5.74) is 0. The van der Waals surface area contributed by atoms with Gasteiger partial charge in [0, 0.05) is 0 Å². The van der Waals surface area contributed by atoms with E-state index in [-0.39, 0.29) is 110 Å². The standard InChI is InChI=1S/2HI.2Mg.H2S.2H/h2*1H;;;1H2;;/q;;2*+2;;2*-1/p-2. The van der Waals surface area contributed by atoms with E-state index in [0.29, 0.717) is 0 Å². The molecule has 0 nitrogen and oxygen atoms in total. The van der Waals surface area contributed by atoms with Crippen molar-refractivity contribution in [2.45, 2.75) is 0 Å². The molecule has 0 aromatic rings. The van der Waals surface area contributed by atoms with E-state index < -0.39 is 0 Å². The zero-order valence-corrected chi connectivity index (χ0v) is 10.8. The van der Waals surface area contributed by atoms with E-state index in [9.17, 15) is 0 Å². The molecular weight excluding hydrogens is 334 g/mol. The molecule has 28 valence electrons. The topological polar surface area (TPSA) is 0 Å². The average Bonchev–Trinajstić information content (AvgIpc) is 0. The summed E-state index contributed by atoms with van der Waals surface area (Å²) >= 11 is 0. The number of hydrogen-bond acceptors (Lipinski definition) is 0. The molecule has 0 spiro atoms. The van der Waals surface area contributed by atoms with Crippen molar-refractivity contribution in [3.63, 3.8) is 0 Å². The van der Waals surface area contributed by atoms with Gasteiger partial charge in [-0.05, 0) is 0 Å². The van der Waals surface area contributed by atoms with Gasteiger partial charge < -0.3 is 50.8 Å². The summed E-state index contributed by atoms with van der Waals surface area (Å²) in [4.78, 5) is 0. The van der Waals surface area contributed by atoms with Crippen molar-refractivity contribution in [2.24, 2.45) is 0 Å². The van der Waals surface area contributed by atoms with Crippen LogP contribution in [0.3, 0.4) is 0 Å². The smallest absolute Gasteiger partial charge is 1.00 e. The molecule has 5 heteroatoms. The third-order valence-corrected chi connectivity index (χ3v) is 0. The Bertz CT molecular complexity index is 13.7. The Balaban J connectivity index is 0. The fourth-order valence-corrected chi connectivity index (χ4v) is 0. The van der Waals surface area contributed by atoms with Crippen LogP contribution in [0.5, 0.6) is 0 Å². The first-order chi connectivity index (χ1) is 0. The minimum Gasteiger partial charge on any atom is -1.00 e. The number of rotatable bonds is 0. The normalized spacial score (nSPS) is 0. The number of hydrogen-bond donors (Lipinski definition) is 0. The predicted octanol–water partition coefficient (Wildman–Crippen LogP) is -6.42. The third kappa shape index (κ3) is 18.8. The summed E-state index contributed by atoms with van der Waals surface area (Å²) in [5, 5.41) is 0. The van der Waals surface area contributed by atoms with Crippen molar-refractivity contribution < 1.29 is 50.8 Å². The molecule has 0 radical (unpaired) electrons. The predicted molar refractivity (Wildman–Crippen MR) is 24.1 cm³/mol. The maximum Gasteiger partial charge on any atom is 2.00 e. The number of halogens is 2. The van der Waals surface area contributed by atoms with Crippen molar-refractivity contribution in [1.82, 2.24) is 0 Å². The molecule has 0 aliphatic carbocycles. The summed E-state index contributed by atoms with van der Waals surface area (Å²) in [5.74, 6) is 0. The summed E-state index contributed by atoms with van der Waals surface area (Å²) in [6.45, 7) is 0. The molecule has 0 atom stereocenters. The van der Waals surface area contributed by atoms with E-state index >= 15 is 0 Å². The molecule has 0 aromatic carbocycles. The summed E-state index contributed by atoms with van der Waals surface area (Å²) in [6, 6.07) is 0. The van der Waals surface area contributed by atoms with E-state index in [4.69, 9.17) is 0 Å². The molecule has 0 amide bonds. The molecule has 0 aromatic heterocycles. The van der Waals surface area contributed by atoms with Gasteiger partial charge in [0.05, 0.1) is 0 Å². The first-order valence-corrected chi connectivity index (χ1v) is 0. The monoisotopic (exact) mass is 338 g/mol. The second-order valence-corrected chi connectivity index (χ2v) is 0. The van der Waals surface area contributed by atoms with Gasteiger partial charge in [-0.1, -0.05) is 0 Å². The van der Waals surface area contributed by atoms with Crippen LogP contribution in [0.2, 0.25) is 0 Å². The molecule has 5 heavy (non-hydrogen) atoms. The van der Waals surface area contributed by atoms with E-state index in [1.165, 1.54) is 0 Å². The minimum atomic E-state index is 0. The van der Waals surface area contributed by atoms with Crippen LogP contribution in [0.1, 0.15) is 2.85 Å². The molecule has 0 saturated heterocycles. The van der Waals surface area contributed by atoms with Crippen LogP contribution >= 0.6 is 13.5 Å². The quantitative estimate of drug-likeness (QED) is 0.305. The van der Waals surface area contributed by atoms with Crippen molar-refractivity contribution in [3.8, 4) is 0 Å². The van der Waals surface area contributed by atoms with Crippen molar-refractivity contribution in [2.75, 3.05) is 0 Å². The van der Waals surface area contributed by atoms with Crippen LogP contribution in [-0.2, 0) is 0 Å². The molecule has 0 N–H and O–H groups in total. The van der Waals surface area contributed by atoms with Gasteiger partial charge in [-0.3, -0.25) is 0 Å². The van der Waals surface area contributed by atoms with Gasteiger partial charge in [-0.25, -0.2) is 0 Å². The van der Waals surface area contributed by atoms with E-state index in [1.807, 2.05) is 0 Å². The fourth-order valence-electron chi connectivity index (χ4n) is 0. The molecule has 0 aliphatic rings. The molecule has 0 unspecified atom stereocenters. The maximum absolute atomic E-state index is 0. The Kier molecular flexibility index (Phi) is 213. The zero-order chi connectivity index (χ0) is 0. The van der Waals surface area contributed by atoms with Gasteiger partial charge in [0.15, 0.2) is 0 Å². The van der Waals surface area contributed by atoms with Crippen LogP contribution in [-0.4, -0.2) is 46.1 Å². The molecule has 0 heterocycles. The van der Waals surface area contributed by atoms with Crippen LogP contribution in [0.4, 0.5) is 0 Å². The average molecular weight is 339 g/mol. The van der Waals surface area contributed by atoms with E-state index in [1.54, 1.807) is 0 Å². The zero-order valence-electron chi connectivity index (χ0n) is 4.67. The van der Waals surface area contributed by atoms with Gasteiger partial charge >= 0.3 is 46.1 Å². The Morgan fingerprint density at radius 2 is 0.800 bits per heavy atom. The van der Waals surface area contributed by atoms with Crippen LogP contribution in [0.25, 0.3) is 0 Å². The van der Waals surface area contributed by atoms with Gasteiger partial charge in [-0.2, -0.15) is 13.5 Å². The molecule has 0 saturated carbocycles. The minimum absolute atomic E-state index is 0. The molecule has 0 aliphatic heterocycles. The van der Waals surface area contributed by atoms with Crippen LogP contribution < -0.4 is 48.0 Å². The van der Waals surface area contributed by atoms with Gasteiger partial charge in [0.1, 0.15) is 0 Å². The Labute approximate surface area is 108 Å². The fraction of sp³-hybridized carbons (Fsp3) is 0. The molecule has 0 fully saturated rings. The first-order valence-electron chi connectivity index (χ1n) is 0. The summed E-state index contributed by atoms with van der Waals surface area (Å²) in [7, 11) is 0. The van der Waals surface area contributed by atoms with Gasteiger partial charge in [0.25, 0.3) is 0 Å². The molecular formula is H4I2Mg2S. The molecule has 0 bridgehead atoms. The van der Waals surface area contributed by atoms with E-state index in [2.05, 4.69) is 0 Å². The second-order valence-electron chi connectivity index (χ2n) is 0. The third-order valence-electron chi connectivity index (χ3n) is 0. The SMILES string of the molecule is S.[H-].[H-].[I-].[I-].[Mg+2].[Mg+2]. The van der Waals surface area contributed by atoms with Crippen LogP contribution in [0.15, 0.2) is 0 Å². The van der Waals surface area contributed by atoms with Crippen molar-refractivity contribution in [3.05, 3.63) is 0 Å². The van der Waals surface area contributed by atoms with E-state index in [0.717, 1.165) is 0 Å². The van der Waals surface area contributed by atoms with Crippen LogP contribution in [0, 0.1) is 0 Å². The Morgan fingerprint density at radius 3 is 0.800 bits per heavy atom. The van der Waals surface area contributed by atoms with Gasteiger partial charge in [-0.15, -0.1) is 0 Å².